The van der Waals surface area contributed by atoms with Gasteiger partial charge in [0.1, 0.15) is 0 Å². The van der Waals surface area contributed by atoms with Gasteiger partial charge in [-0.3, -0.25) is 0 Å². The van der Waals surface area contributed by atoms with Crippen LogP contribution in [-0.2, 0) is 22.5 Å². The van der Waals surface area contributed by atoms with E-state index in [-0.39, 0.29) is 29.0 Å². The zero-order chi connectivity index (χ0) is 24.9. The molecular weight excluding hydrogens is 471 g/mol. The van der Waals surface area contributed by atoms with Crippen LogP contribution in [0.25, 0.3) is 5.69 Å². The molecule has 0 aliphatic carbocycles. The number of rotatable bonds is 9. The lowest BCUT2D eigenvalue weighted by molar-refractivity contribution is -0.274. The Hall–Kier alpha value is -2.97. The topological polar surface area (TPSA) is 49.7 Å². The highest BCUT2D eigenvalue weighted by atomic mass is 35.5. The van der Waals surface area contributed by atoms with E-state index in [1.165, 1.54) is 12.1 Å². The highest BCUT2D eigenvalue weighted by molar-refractivity contribution is 6.30. The molecule has 34 heavy (non-hydrogen) atoms. The highest BCUT2D eigenvalue weighted by Crippen LogP contribution is 2.35. The summed E-state index contributed by atoms with van der Waals surface area (Å²) in [5.41, 5.74) is 2.32. The molecule has 3 rings (SSSR count). The van der Waals surface area contributed by atoms with E-state index >= 15 is 0 Å². The fourth-order valence-electron chi connectivity index (χ4n) is 3.62. The zero-order valence-electron chi connectivity index (χ0n) is 19.0. The molecule has 0 spiro atoms. The summed E-state index contributed by atoms with van der Waals surface area (Å²) >= 11 is 5.94. The molecule has 1 heterocycles. The van der Waals surface area contributed by atoms with Crippen molar-refractivity contribution in [1.82, 2.24) is 4.57 Å². The Bertz CT molecular complexity index is 1130. The van der Waals surface area contributed by atoms with Gasteiger partial charge in [-0.05, 0) is 44.5 Å². The molecule has 0 unspecified atom stereocenters. The first-order valence-electron chi connectivity index (χ1n) is 10.7. The maximum atomic E-state index is 13.1. The molecular formula is C25H25ClF3NO4. The average molecular weight is 496 g/mol. The summed E-state index contributed by atoms with van der Waals surface area (Å²) in [6, 6.07) is 15.2. The van der Waals surface area contributed by atoms with Crippen LogP contribution in [0, 0.1) is 6.92 Å². The van der Waals surface area contributed by atoms with Gasteiger partial charge in [0.05, 0.1) is 30.6 Å². The number of aromatic nitrogens is 1. The van der Waals surface area contributed by atoms with Crippen molar-refractivity contribution in [3.8, 4) is 11.4 Å². The summed E-state index contributed by atoms with van der Waals surface area (Å²) in [4.78, 5) is 12.5. The van der Waals surface area contributed by atoms with Crippen LogP contribution < -0.4 is 4.74 Å². The van der Waals surface area contributed by atoms with Crippen LogP contribution in [0.3, 0.4) is 0 Å². The Kier molecular flexibility index (Phi) is 8.28. The van der Waals surface area contributed by atoms with Crippen molar-refractivity contribution >= 4 is 17.6 Å². The van der Waals surface area contributed by atoms with Crippen LogP contribution in [0.1, 0.15) is 41.2 Å². The molecule has 0 saturated carbocycles. The molecule has 5 nitrogen and oxygen atoms in total. The molecule has 182 valence electrons. The summed E-state index contributed by atoms with van der Waals surface area (Å²) in [6.45, 7) is 5.71. The van der Waals surface area contributed by atoms with Crippen molar-refractivity contribution in [2.24, 2.45) is 0 Å². The maximum Gasteiger partial charge on any atom is 0.573 e. The third kappa shape index (κ3) is 6.55. The van der Waals surface area contributed by atoms with Crippen LogP contribution in [-0.4, -0.2) is 29.6 Å². The molecule has 0 aliphatic rings. The number of carbonyl (C=O) groups excluding carboxylic acids is 1. The minimum atomic E-state index is -4.92. The van der Waals surface area contributed by atoms with Crippen molar-refractivity contribution in [3.05, 3.63) is 82.1 Å². The first kappa shape index (κ1) is 25.6. The highest BCUT2D eigenvalue weighted by Gasteiger charge is 2.33. The molecule has 2 aromatic carbocycles. The predicted molar refractivity (Wildman–Crippen MR) is 123 cm³/mol. The number of esters is 1. The molecule has 3 aromatic rings. The maximum absolute atomic E-state index is 13.1. The van der Waals surface area contributed by atoms with Gasteiger partial charge in [0.15, 0.2) is 5.75 Å². The summed E-state index contributed by atoms with van der Waals surface area (Å²) in [7, 11) is 0. The first-order chi connectivity index (χ1) is 16.1. The van der Waals surface area contributed by atoms with Crippen LogP contribution in [0.15, 0.2) is 54.6 Å². The molecule has 1 aromatic heterocycles. The number of carbonyl (C=O) groups is 1. The van der Waals surface area contributed by atoms with Crippen LogP contribution in [0.4, 0.5) is 13.2 Å². The number of alkyl halides is 3. The number of benzene rings is 2. The van der Waals surface area contributed by atoms with E-state index in [0.29, 0.717) is 24.4 Å². The van der Waals surface area contributed by atoms with E-state index in [1.54, 1.807) is 24.5 Å². The van der Waals surface area contributed by atoms with Gasteiger partial charge in [0, 0.05) is 28.9 Å². The van der Waals surface area contributed by atoms with Gasteiger partial charge in [0.25, 0.3) is 0 Å². The predicted octanol–water partition coefficient (Wildman–Crippen LogP) is 6.66. The summed E-state index contributed by atoms with van der Waals surface area (Å²) in [5.74, 6) is -1.04. The van der Waals surface area contributed by atoms with Gasteiger partial charge >= 0.3 is 12.3 Å². The van der Waals surface area contributed by atoms with Gasteiger partial charge in [-0.1, -0.05) is 41.9 Å². The molecule has 0 saturated heterocycles. The van der Waals surface area contributed by atoms with Crippen molar-refractivity contribution in [2.75, 3.05) is 6.61 Å². The van der Waals surface area contributed by atoms with Crippen molar-refractivity contribution in [1.29, 1.82) is 0 Å². The quantitative estimate of drug-likeness (QED) is 0.311. The SMILES string of the molecule is CCOC(=O)c1cc(C[C@H](C)OCc2ccccc2)n(-c2ccc(Cl)cc2OC(F)(F)F)c1C. The molecule has 0 aliphatic heterocycles. The second-order valence-corrected chi connectivity index (χ2v) is 8.10. The van der Waals surface area contributed by atoms with Gasteiger partial charge in [-0.25, -0.2) is 4.79 Å². The van der Waals surface area contributed by atoms with Crippen LogP contribution in [0.5, 0.6) is 5.75 Å². The Labute approximate surface area is 201 Å². The Balaban J connectivity index is 2.00. The van der Waals surface area contributed by atoms with Crippen molar-refractivity contribution < 1.29 is 32.2 Å². The molecule has 1 atom stereocenters. The van der Waals surface area contributed by atoms with Crippen molar-refractivity contribution in [3.63, 3.8) is 0 Å². The fraction of sp³-hybridized carbons (Fsp3) is 0.320. The molecule has 0 bridgehead atoms. The summed E-state index contributed by atoms with van der Waals surface area (Å²) < 4.78 is 56.2. The fourth-order valence-corrected chi connectivity index (χ4v) is 3.78. The number of halogens is 4. The first-order valence-corrected chi connectivity index (χ1v) is 11.1. The third-order valence-electron chi connectivity index (χ3n) is 5.08. The monoisotopic (exact) mass is 495 g/mol. The molecule has 0 amide bonds. The minimum absolute atomic E-state index is 0.0829. The van der Waals surface area contributed by atoms with Crippen LogP contribution >= 0.6 is 11.6 Å². The van der Waals surface area contributed by atoms with E-state index in [1.807, 2.05) is 37.3 Å². The largest absolute Gasteiger partial charge is 0.573 e. The third-order valence-corrected chi connectivity index (χ3v) is 5.32. The Morgan fingerprint density at radius 2 is 1.82 bits per heavy atom. The minimum Gasteiger partial charge on any atom is -0.462 e. The number of hydrogen-bond donors (Lipinski definition) is 0. The number of ether oxygens (including phenoxy) is 3. The second kappa shape index (κ2) is 11.0. The van der Waals surface area contributed by atoms with E-state index in [9.17, 15) is 18.0 Å². The Morgan fingerprint density at radius 1 is 1.12 bits per heavy atom. The van der Waals surface area contributed by atoms with E-state index in [2.05, 4.69) is 4.74 Å². The van der Waals surface area contributed by atoms with E-state index in [4.69, 9.17) is 21.1 Å². The molecule has 9 heteroatoms. The Morgan fingerprint density at radius 3 is 2.47 bits per heavy atom. The van der Waals surface area contributed by atoms with Crippen molar-refractivity contribution in [2.45, 2.75) is 46.3 Å². The van der Waals surface area contributed by atoms with Crippen LogP contribution in [0.2, 0.25) is 5.02 Å². The molecule has 0 fully saturated rings. The van der Waals surface area contributed by atoms with Gasteiger partial charge in [0.2, 0.25) is 0 Å². The second-order valence-electron chi connectivity index (χ2n) is 7.66. The average Bonchev–Trinajstić information content (AvgIpc) is 3.08. The number of nitrogens with zero attached hydrogens (tertiary/aromatic N) is 1. The molecule has 0 N–H and O–H groups in total. The van der Waals surface area contributed by atoms with Gasteiger partial charge < -0.3 is 18.8 Å². The molecule has 0 radical (unpaired) electrons. The van der Waals surface area contributed by atoms with E-state index < -0.39 is 18.1 Å². The zero-order valence-corrected chi connectivity index (χ0v) is 19.7. The summed E-state index contributed by atoms with van der Waals surface area (Å²) in [6.07, 6.45) is -4.90. The van der Waals surface area contributed by atoms with Gasteiger partial charge in [-0.15, -0.1) is 13.2 Å². The van der Waals surface area contributed by atoms with E-state index in [0.717, 1.165) is 11.6 Å². The van der Waals surface area contributed by atoms with Gasteiger partial charge in [-0.2, -0.15) is 0 Å². The number of hydrogen-bond acceptors (Lipinski definition) is 4. The normalized spacial score (nSPS) is 12.4. The lowest BCUT2D eigenvalue weighted by Gasteiger charge is -2.20. The lowest BCUT2D eigenvalue weighted by atomic mass is 10.2. The smallest absolute Gasteiger partial charge is 0.462 e. The summed E-state index contributed by atoms with van der Waals surface area (Å²) in [5, 5.41) is 0.0829. The standard InChI is InChI=1S/C25H25ClF3NO4/c1-4-32-24(31)21-14-20(12-16(2)33-15-18-8-6-5-7-9-18)30(17(21)3)22-11-10-19(26)13-23(22)34-25(27,28)29/h5-11,13-14,16H,4,12,15H2,1-3H3/t16-/m0/s1. The lowest BCUT2D eigenvalue weighted by Crippen LogP contribution is -2.19.